The van der Waals surface area contributed by atoms with E-state index in [9.17, 15) is 0 Å². The van der Waals surface area contributed by atoms with Crippen molar-refractivity contribution < 1.29 is 0 Å². The Bertz CT molecular complexity index is 459. The minimum atomic E-state index is 0.721. The molecule has 1 atom stereocenters. The van der Waals surface area contributed by atoms with Crippen LogP contribution >= 0.6 is 11.6 Å². The standard InChI is InChI=1S/C16H26ClN3/c1-11-15(16(17)20(2)19-11)9-13(10-18-14-7-8-14)12-5-3-4-6-12/h12-14,18H,3-10H2,1-2H3. The largest absolute Gasteiger partial charge is 0.314 e. The Morgan fingerprint density at radius 3 is 2.55 bits per heavy atom. The molecule has 2 saturated carbocycles. The van der Waals surface area contributed by atoms with Gasteiger partial charge in [-0.1, -0.05) is 37.3 Å². The van der Waals surface area contributed by atoms with Crippen molar-refractivity contribution in [1.82, 2.24) is 15.1 Å². The molecule has 2 aliphatic rings. The molecule has 0 aliphatic heterocycles. The third kappa shape index (κ3) is 3.20. The molecule has 1 unspecified atom stereocenters. The molecule has 112 valence electrons. The number of aryl methyl sites for hydroxylation is 2. The summed E-state index contributed by atoms with van der Waals surface area (Å²) in [5, 5.41) is 9.02. The number of nitrogens with one attached hydrogen (secondary N) is 1. The van der Waals surface area contributed by atoms with E-state index in [0.717, 1.165) is 41.7 Å². The lowest BCUT2D eigenvalue weighted by Crippen LogP contribution is -2.30. The number of aromatic nitrogens is 2. The van der Waals surface area contributed by atoms with Crippen LogP contribution in [0.3, 0.4) is 0 Å². The van der Waals surface area contributed by atoms with Crippen molar-refractivity contribution in [1.29, 1.82) is 0 Å². The highest BCUT2D eigenvalue weighted by Crippen LogP contribution is 2.35. The van der Waals surface area contributed by atoms with Gasteiger partial charge in [0.2, 0.25) is 0 Å². The maximum atomic E-state index is 6.42. The molecule has 1 aromatic heterocycles. The van der Waals surface area contributed by atoms with Gasteiger partial charge in [0.15, 0.2) is 0 Å². The summed E-state index contributed by atoms with van der Waals surface area (Å²) in [6, 6.07) is 0.796. The molecule has 0 aromatic carbocycles. The Morgan fingerprint density at radius 2 is 2.00 bits per heavy atom. The van der Waals surface area contributed by atoms with Crippen molar-refractivity contribution in [3.8, 4) is 0 Å². The van der Waals surface area contributed by atoms with Gasteiger partial charge >= 0.3 is 0 Å². The molecule has 1 N–H and O–H groups in total. The van der Waals surface area contributed by atoms with Gasteiger partial charge in [-0.3, -0.25) is 4.68 Å². The van der Waals surface area contributed by atoms with Crippen LogP contribution in [-0.4, -0.2) is 22.4 Å². The predicted octanol–water partition coefficient (Wildman–Crippen LogP) is 3.48. The summed E-state index contributed by atoms with van der Waals surface area (Å²) in [5.41, 5.74) is 2.37. The summed E-state index contributed by atoms with van der Waals surface area (Å²) in [4.78, 5) is 0. The second kappa shape index (κ2) is 6.07. The highest BCUT2D eigenvalue weighted by Gasteiger charge is 2.29. The molecule has 3 rings (SSSR count). The molecule has 20 heavy (non-hydrogen) atoms. The fraction of sp³-hybridized carbons (Fsp3) is 0.812. The van der Waals surface area contributed by atoms with Crippen LogP contribution in [0.1, 0.15) is 49.8 Å². The summed E-state index contributed by atoms with van der Waals surface area (Å²) in [6.45, 7) is 3.24. The highest BCUT2D eigenvalue weighted by atomic mass is 35.5. The molecule has 0 radical (unpaired) electrons. The molecule has 0 amide bonds. The SMILES string of the molecule is Cc1nn(C)c(Cl)c1CC(CNC1CC1)C1CCCC1. The number of hydrogen-bond donors (Lipinski definition) is 1. The van der Waals surface area contributed by atoms with E-state index in [4.69, 9.17) is 11.6 Å². The van der Waals surface area contributed by atoms with Gasteiger partial charge in [-0.15, -0.1) is 0 Å². The Labute approximate surface area is 127 Å². The first kappa shape index (κ1) is 14.4. The predicted molar refractivity (Wildman–Crippen MR) is 83.1 cm³/mol. The van der Waals surface area contributed by atoms with Crippen LogP contribution < -0.4 is 5.32 Å². The van der Waals surface area contributed by atoms with Crippen LogP contribution in [0.15, 0.2) is 0 Å². The minimum Gasteiger partial charge on any atom is -0.314 e. The summed E-state index contributed by atoms with van der Waals surface area (Å²) in [6.07, 6.45) is 9.42. The molecular formula is C16H26ClN3. The van der Waals surface area contributed by atoms with Crippen LogP contribution in [0.5, 0.6) is 0 Å². The molecule has 1 heterocycles. The van der Waals surface area contributed by atoms with Gasteiger partial charge in [0, 0.05) is 18.7 Å². The van der Waals surface area contributed by atoms with Crippen LogP contribution in [0.4, 0.5) is 0 Å². The van der Waals surface area contributed by atoms with Gasteiger partial charge in [0.25, 0.3) is 0 Å². The number of rotatable bonds is 6. The fourth-order valence-corrected chi connectivity index (χ4v) is 3.86. The first-order valence-electron chi connectivity index (χ1n) is 8.06. The second-order valence-corrected chi connectivity index (χ2v) is 7.03. The molecule has 0 spiro atoms. The third-order valence-corrected chi connectivity index (χ3v) is 5.52. The van der Waals surface area contributed by atoms with Gasteiger partial charge in [-0.05, 0) is 44.6 Å². The van der Waals surface area contributed by atoms with Gasteiger partial charge in [0.05, 0.1) is 5.69 Å². The van der Waals surface area contributed by atoms with Gasteiger partial charge < -0.3 is 5.32 Å². The van der Waals surface area contributed by atoms with Gasteiger partial charge in [0.1, 0.15) is 5.15 Å². The van der Waals surface area contributed by atoms with Crippen LogP contribution in [0.25, 0.3) is 0 Å². The van der Waals surface area contributed by atoms with Crippen molar-refractivity contribution >= 4 is 11.6 Å². The van der Waals surface area contributed by atoms with E-state index in [1.807, 2.05) is 11.7 Å². The van der Waals surface area contributed by atoms with E-state index in [0.29, 0.717) is 0 Å². The van der Waals surface area contributed by atoms with E-state index >= 15 is 0 Å². The zero-order valence-corrected chi connectivity index (χ0v) is 13.4. The zero-order chi connectivity index (χ0) is 14.1. The molecule has 2 aliphatic carbocycles. The van der Waals surface area contributed by atoms with Crippen LogP contribution in [0, 0.1) is 18.8 Å². The number of halogens is 1. The number of hydrogen-bond acceptors (Lipinski definition) is 2. The smallest absolute Gasteiger partial charge is 0.130 e. The Balaban J connectivity index is 1.70. The van der Waals surface area contributed by atoms with Crippen molar-refractivity contribution in [2.75, 3.05) is 6.54 Å². The average Bonchev–Trinajstić information content (AvgIpc) is 3.03. The van der Waals surface area contributed by atoms with E-state index < -0.39 is 0 Å². The van der Waals surface area contributed by atoms with Crippen LogP contribution in [-0.2, 0) is 13.5 Å². The Kier molecular flexibility index (Phi) is 4.37. The quantitative estimate of drug-likeness (QED) is 0.871. The summed E-state index contributed by atoms with van der Waals surface area (Å²) in [5.74, 6) is 1.59. The second-order valence-electron chi connectivity index (χ2n) is 6.67. The lowest BCUT2D eigenvalue weighted by molar-refractivity contribution is 0.319. The van der Waals surface area contributed by atoms with Gasteiger partial charge in [-0.25, -0.2) is 0 Å². The van der Waals surface area contributed by atoms with Crippen molar-refractivity contribution in [3.63, 3.8) is 0 Å². The Morgan fingerprint density at radius 1 is 1.30 bits per heavy atom. The lowest BCUT2D eigenvalue weighted by atomic mass is 9.85. The van der Waals surface area contributed by atoms with Crippen molar-refractivity contribution in [2.45, 2.75) is 57.9 Å². The lowest BCUT2D eigenvalue weighted by Gasteiger charge is -2.24. The maximum Gasteiger partial charge on any atom is 0.130 e. The minimum absolute atomic E-state index is 0.721. The normalized spacial score (nSPS) is 21.6. The Hall–Kier alpha value is -0.540. The molecule has 4 heteroatoms. The topological polar surface area (TPSA) is 29.9 Å². The number of nitrogens with zero attached hydrogens (tertiary/aromatic N) is 2. The summed E-state index contributed by atoms with van der Waals surface area (Å²) < 4.78 is 1.81. The van der Waals surface area contributed by atoms with E-state index in [2.05, 4.69) is 17.3 Å². The fourth-order valence-electron chi connectivity index (χ4n) is 3.61. The molecule has 0 bridgehead atoms. The zero-order valence-electron chi connectivity index (χ0n) is 12.7. The molecular weight excluding hydrogens is 270 g/mol. The van der Waals surface area contributed by atoms with Crippen LogP contribution in [0.2, 0.25) is 5.15 Å². The average molecular weight is 296 g/mol. The summed E-state index contributed by atoms with van der Waals surface area (Å²) >= 11 is 6.42. The molecule has 0 saturated heterocycles. The van der Waals surface area contributed by atoms with Crippen molar-refractivity contribution in [3.05, 3.63) is 16.4 Å². The van der Waals surface area contributed by atoms with Crippen molar-refractivity contribution in [2.24, 2.45) is 18.9 Å². The molecule has 1 aromatic rings. The molecule has 2 fully saturated rings. The summed E-state index contributed by atoms with van der Waals surface area (Å²) in [7, 11) is 1.94. The van der Waals surface area contributed by atoms with E-state index in [1.165, 1.54) is 44.1 Å². The molecule has 3 nitrogen and oxygen atoms in total. The maximum absolute atomic E-state index is 6.42. The first-order chi connectivity index (χ1) is 9.65. The third-order valence-electron chi connectivity index (χ3n) is 5.05. The van der Waals surface area contributed by atoms with E-state index in [1.54, 1.807) is 0 Å². The van der Waals surface area contributed by atoms with Gasteiger partial charge in [-0.2, -0.15) is 5.10 Å². The first-order valence-corrected chi connectivity index (χ1v) is 8.44. The van der Waals surface area contributed by atoms with E-state index in [-0.39, 0.29) is 0 Å². The monoisotopic (exact) mass is 295 g/mol. The highest BCUT2D eigenvalue weighted by molar-refractivity contribution is 6.30.